The number of hydrogen-bond donors (Lipinski definition) is 1. The third-order valence-electron chi connectivity index (χ3n) is 4.21. The van der Waals surface area contributed by atoms with Gasteiger partial charge in [0.05, 0.1) is 12.1 Å². The van der Waals surface area contributed by atoms with E-state index in [1.165, 1.54) is 6.07 Å². The molecule has 2 rings (SSSR count). The van der Waals surface area contributed by atoms with Gasteiger partial charge >= 0.3 is 18.3 Å². The maximum atomic E-state index is 12.6. The molecule has 1 N–H and O–H groups in total. The van der Waals surface area contributed by atoms with Crippen molar-refractivity contribution in [3.8, 4) is 5.88 Å². The lowest BCUT2D eigenvalue weighted by atomic mass is 10.1. The third kappa shape index (κ3) is 8.35. The van der Waals surface area contributed by atoms with E-state index in [0.717, 1.165) is 9.47 Å². The molecule has 192 valence electrons. The number of carbonyl (C=O) groups is 3. The summed E-state index contributed by atoms with van der Waals surface area (Å²) in [4.78, 5) is 38.7. The molecule has 2 aromatic rings. The molecule has 0 aliphatic heterocycles. The summed E-state index contributed by atoms with van der Waals surface area (Å²) in [5.41, 5.74) is -1.18. The van der Waals surface area contributed by atoms with Crippen molar-refractivity contribution in [1.29, 1.82) is 0 Å². The van der Waals surface area contributed by atoms with Gasteiger partial charge in [-0.15, -0.1) is 0 Å². The van der Waals surface area contributed by atoms with Crippen LogP contribution in [0, 0.1) is 0 Å². The molecule has 0 saturated heterocycles. The number of nitrogens with zero attached hydrogens (tertiary/aromatic N) is 2. The monoisotopic (exact) mass is 488 g/mol. The summed E-state index contributed by atoms with van der Waals surface area (Å²) in [5, 5.41) is 10.9. The number of amides is 2. The van der Waals surface area contributed by atoms with Crippen molar-refractivity contribution < 1.29 is 33.7 Å². The van der Waals surface area contributed by atoms with Gasteiger partial charge in [0.15, 0.2) is 0 Å². The van der Waals surface area contributed by atoms with Crippen LogP contribution >= 0.6 is 0 Å². The van der Waals surface area contributed by atoms with E-state index in [4.69, 9.17) is 14.2 Å². The first-order valence-corrected chi connectivity index (χ1v) is 11.3. The summed E-state index contributed by atoms with van der Waals surface area (Å²) >= 11 is 0. The first kappa shape index (κ1) is 27.8. The number of imide groups is 1. The molecule has 0 aliphatic rings. The van der Waals surface area contributed by atoms with Crippen LogP contribution in [0.5, 0.6) is 5.88 Å². The van der Waals surface area contributed by atoms with Gasteiger partial charge in [-0.05, 0) is 73.9 Å². The molecule has 35 heavy (non-hydrogen) atoms. The smallest absolute Gasteiger partial charge is 0.421 e. The van der Waals surface area contributed by atoms with E-state index in [-0.39, 0.29) is 12.4 Å². The molecule has 0 atom stereocenters. The number of rotatable bonds is 3. The van der Waals surface area contributed by atoms with Gasteiger partial charge in [-0.25, -0.2) is 23.9 Å². The summed E-state index contributed by atoms with van der Waals surface area (Å²) in [6.45, 7) is 15.4. The minimum Gasteiger partial charge on any atom is -0.494 e. The lowest BCUT2D eigenvalue weighted by Gasteiger charge is -2.28. The minimum atomic E-state index is -0.824. The summed E-state index contributed by atoms with van der Waals surface area (Å²) in [5.74, 6) is -0.239. The molecule has 9 nitrogen and oxygen atoms in total. The van der Waals surface area contributed by atoms with E-state index >= 15 is 0 Å². The van der Waals surface area contributed by atoms with Gasteiger partial charge in [0.25, 0.3) is 0 Å². The molecule has 0 spiro atoms. The van der Waals surface area contributed by atoms with Crippen LogP contribution in [-0.2, 0) is 14.2 Å². The zero-order chi connectivity index (χ0) is 26.8. The highest BCUT2D eigenvalue weighted by Crippen LogP contribution is 2.27. The zero-order valence-corrected chi connectivity index (χ0v) is 22.0. The van der Waals surface area contributed by atoms with Crippen LogP contribution in [-0.4, -0.2) is 56.2 Å². The van der Waals surface area contributed by atoms with E-state index in [2.05, 4.69) is 0 Å². The minimum absolute atomic E-state index is 0.0970. The highest BCUT2D eigenvalue weighted by atomic mass is 16.6. The molecule has 2 amide bonds. The van der Waals surface area contributed by atoms with Crippen molar-refractivity contribution >= 4 is 35.3 Å². The topological polar surface area (TPSA) is 107 Å². The molecule has 0 radical (unpaired) electrons. The van der Waals surface area contributed by atoms with Gasteiger partial charge in [-0.1, -0.05) is 24.3 Å². The summed E-state index contributed by atoms with van der Waals surface area (Å²) in [7, 11) is 0. The second-order valence-corrected chi connectivity index (χ2v) is 11.1. The van der Waals surface area contributed by atoms with Crippen LogP contribution in [0.25, 0.3) is 17.0 Å². The van der Waals surface area contributed by atoms with Gasteiger partial charge in [-0.2, -0.15) is 0 Å². The maximum Gasteiger partial charge on any atom is 0.421 e. The predicted molar refractivity (Wildman–Crippen MR) is 133 cm³/mol. The average Bonchev–Trinajstić information content (AvgIpc) is 2.95. The molecule has 1 aromatic heterocycles. The fourth-order valence-electron chi connectivity index (χ4n) is 2.96. The van der Waals surface area contributed by atoms with E-state index in [1.807, 2.05) is 0 Å². The standard InChI is InChI=1S/C26H36N2O7/c1-24(2,3)33-21(30)27(22(31)34-25(4,5)6)14-10-11-17-12-13-18-16-20(29)28(19(18)15-17)23(32)35-26(7,8)9/h10-13,15-16,29H,14H2,1-9H3. The lowest BCUT2D eigenvalue weighted by Crippen LogP contribution is -2.43. The number of ether oxygens (including phenoxy) is 3. The SMILES string of the molecule is CC(C)(C)OC(=O)N(CC=Cc1ccc2cc(O)n(C(=O)OC(C)(C)C)c2c1)C(=O)OC(C)(C)C. The molecule has 1 heterocycles. The number of carbonyl (C=O) groups excluding carboxylic acids is 3. The van der Waals surface area contributed by atoms with Crippen LogP contribution in [0.15, 0.2) is 30.3 Å². The number of hydrogen-bond acceptors (Lipinski definition) is 7. The van der Waals surface area contributed by atoms with Gasteiger partial charge < -0.3 is 19.3 Å². The molecule has 1 aromatic carbocycles. The Labute approximate surface area is 206 Å². The van der Waals surface area contributed by atoms with Crippen molar-refractivity contribution in [2.75, 3.05) is 6.54 Å². The van der Waals surface area contributed by atoms with Gasteiger partial charge in [-0.3, -0.25) is 0 Å². The summed E-state index contributed by atoms with van der Waals surface area (Å²) < 4.78 is 17.2. The molecule has 0 aliphatic carbocycles. The van der Waals surface area contributed by atoms with Gasteiger partial charge in [0.2, 0.25) is 5.88 Å². The van der Waals surface area contributed by atoms with Crippen molar-refractivity contribution in [1.82, 2.24) is 9.47 Å². The zero-order valence-electron chi connectivity index (χ0n) is 22.0. The second-order valence-electron chi connectivity index (χ2n) is 11.1. The first-order valence-electron chi connectivity index (χ1n) is 11.3. The molecule has 0 fully saturated rings. The Morgan fingerprint density at radius 1 is 0.857 bits per heavy atom. The predicted octanol–water partition coefficient (Wildman–Crippen LogP) is 6.32. The van der Waals surface area contributed by atoms with Crippen molar-refractivity contribution in [2.45, 2.75) is 79.1 Å². The fraction of sp³-hybridized carbons (Fsp3) is 0.500. The molecular formula is C26H36N2O7. The van der Waals surface area contributed by atoms with Crippen LogP contribution in [0.1, 0.15) is 67.9 Å². The number of benzene rings is 1. The molecule has 0 unspecified atom stereocenters. The maximum absolute atomic E-state index is 12.6. The van der Waals surface area contributed by atoms with E-state index < -0.39 is 35.1 Å². The van der Waals surface area contributed by atoms with Crippen molar-refractivity contribution in [3.63, 3.8) is 0 Å². The van der Waals surface area contributed by atoms with E-state index in [9.17, 15) is 19.5 Å². The highest BCUT2D eigenvalue weighted by molar-refractivity contribution is 5.93. The van der Waals surface area contributed by atoms with E-state index in [0.29, 0.717) is 16.5 Å². The number of aromatic hydroxyl groups is 1. The summed E-state index contributed by atoms with van der Waals surface area (Å²) in [6.07, 6.45) is 0.943. The Bertz CT molecular complexity index is 1100. The molecule has 0 bridgehead atoms. The van der Waals surface area contributed by atoms with Crippen molar-refractivity contribution in [2.24, 2.45) is 0 Å². The van der Waals surface area contributed by atoms with Crippen molar-refractivity contribution in [3.05, 3.63) is 35.9 Å². The van der Waals surface area contributed by atoms with Gasteiger partial charge in [0.1, 0.15) is 16.8 Å². The third-order valence-corrected chi connectivity index (χ3v) is 4.21. The Hall–Kier alpha value is -3.49. The molecule has 0 saturated carbocycles. The quantitative estimate of drug-likeness (QED) is 0.504. The number of fused-ring (bicyclic) bond motifs is 1. The van der Waals surface area contributed by atoms with Gasteiger partial charge in [0, 0.05) is 11.5 Å². The van der Waals surface area contributed by atoms with Crippen LogP contribution in [0.2, 0.25) is 0 Å². The number of aromatic nitrogens is 1. The Morgan fingerprint density at radius 3 is 1.86 bits per heavy atom. The Morgan fingerprint density at radius 2 is 1.37 bits per heavy atom. The largest absolute Gasteiger partial charge is 0.494 e. The Kier molecular flexibility index (Phi) is 7.94. The fourth-order valence-corrected chi connectivity index (χ4v) is 2.96. The van der Waals surface area contributed by atoms with Crippen LogP contribution in [0.3, 0.4) is 0 Å². The van der Waals surface area contributed by atoms with Crippen LogP contribution < -0.4 is 0 Å². The highest BCUT2D eigenvalue weighted by Gasteiger charge is 2.30. The Balaban J connectivity index is 2.31. The molecular weight excluding hydrogens is 452 g/mol. The van der Waals surface area contributed by atoms with E-state index in [1.54, 1.807) is 92.7 Å². The second kappa shape index (κ2) is 10.0. The first-order chi connectivity index (χ1) is 15.9. The lowest BCUT2D eigenvalue weighted by molar-refractivity contribution is 0.00371. The van der Waals surface area contributed by atoms with Crippen LogP contribution in [0.4, 0.5) is 14.4 Å². The average molecular weight is 489 g/mol. The normalized spacial score (nSPS) is 12.6. The summed E-state index contributed by atoms with van der Waals surface area (Å²) in [6, 6.07) is 6.69. The molecule has 9 heteroatoms.